The second-order valence-electron chi connectivity index (χ2n) is 4.35. The van der Waals surface area contributed by atoms with Crippen LogP contribution in [0.2, 0.25) is 10.0 Å². The summed E-state index contributed by atoms with van der Waals surface area (Å²) >= 11 is 11.5. The van der Waals surface area contributed by atoms with Crippen LogP contribution in [0.3, 0.4) is 0 Å². The van der Waals surface area contributed by atoms with Gasteiger partial charge in [0.2, 0.25) is 10.0 Å². The number of amidine groups is 1. The molecule has 0 aliphatic carbocycles. The first-order valence-electron chi connectivity index (χ1n) is 5.63. The lowest BCUT2D eigenvalue weighted by atomic mass is 10.00. The van der Waals surface area contributed by atoms with E-state index in [1.165, 1.54) is 25.1 Å². The Morgan fingerprint density at radius 1 is 1.45 bits per heavy atom. The van der Waals surface area contributed by atoms with Gasteiger partial charge in [-0.2, -0.15) is 4.72 Å². The summed E-state index contributed by atoms with van der Waals surface area (Å²) in [7, 11) is -3.89. The normalized spacial score (nSPS) is 15.9. The van der Waals surface area contributed by atoms with Crippen LogP contribution >= 0.6 is 23.2 Å². The summed E-state index contributed by atoms with van der Waals surface area (Å²) in [6.45, 7) is 3.21. The van der Waals surface area contributed by atoms with E-state index in [0.717, 1.165) is 0 Å². The van der Waals surface area contributed by atoms with Gasteiger partial charge < -0.3 is 10.9 Å². The van der Waals surface area contributed by atoms with E-state index < -0.39 is 15.6 Å². The number of nitrogens with one attached hydrogen (secondary N) is 1. The molecular formula is C11H15Cl2N3O3S. The van der Waals surface area contributed by atoms with Crippen molar-refractivity contribution in [2.45, 2.75) is 30.7 Å². The third-order valence-electron chi connectivity index (χ3n) is 2.94. The first kappa shape index (κ1) is 17.0. The van der Waals surface area contributed by atoms with Crippen LogP contribution in [0.5, 0.6) is 0 Å². The van der Waals surface area contributed by atoms with Crippen molar-refractivity contribution in [3.63, 3.8) is 0 Å². The molecule has 0 aliphatic heterocycles. The van der Waals surface area contributed by atoms with Gasteiger partial charge in [0.1, 0.15) is 0 Å². The highest BCUT2D eigenvalue weighted by atomic mass is 35.5. The van der Waals surface area contributed by atoms with Crippen molar-refractivity contribution in [1.29, 1.82) is 0 Å². The maximum absolute atomic E-state index is 12.3. The molecule has 0 fully saturated rings. The maximum atomic E-state index is 12.3. The topological polar surface area (TPSA) is 105 Å². The fourth-order valence-corrected chi connectivity index (χ4v) is 3.26. The molecule has 0 saturated carbocycles. The Morgan fingerprint density at radius 3 is 2.50 bits per heavy atom. The molecule has 0 saturated heterocycles. The molecule has 20 heavy (non-hydrogen) atoms. The van der Waals surface area contributed by atoms with Crippen LogP contribution in [0.25, 0.3) is 0 Å². The fourth-order valence-electron chi connectivity index (χ4n) is 1.42. The summed E-state index contributed by atoms with van der Waals surface area (Å²) in [5, 5.41) is 12.0. The van der Waals surface area contributed by atoms with Crippen molar-refractivity contribution in [3.05, 3.63) is 28.2 Å². The third-order valence-corrected chi connectivity index (χ3v) is 5.27. The zero-order chi connectivity index (χ0) is 15.6. The highest BCUT2D eigenvalue weighted by Crippen LogP contribution is 2.25. The van der Waals surface area contributed by atoms with E-state index in [0.29, 0.717) is 6.42 Å². The second-order valence-corrected chi connectivity index (χ2v) is 6.85. The molecule has 6 nitrogen and oxygen atoms in total. The molecular weight excluding hydrogens is 325 g/mol. The Kier molecular flexibility index (Phi) is 5.26. The second kappa shape index (κ2) is 6.17. The van der Waals surface area contributed by atoms with Crippen molar-refractivity contribution in [2.75, 3.05) is 0 Å². The molecule has 112 valence electrons. The average molecular weight is 340 g/mol. The van der Waals surface area contributed by atoms with E-state index in [2.05, 4.69) is 9.88 Å². The summed E-state index contributed by atoms with van der Waals surface area (Å²) in [4.78, 5) is -0.0580. The number of halogens is 2. The van der Waals surface area contributed by atoms with E-state index in [-0.39, 0.29) is 20.8 Å². The number of hydrogen-bond acceptors (Lipinski definition) is 4. The summed E-state index contributed by atoms with van der Waals surface area (Å²) in [6, 6.07) is 3.93. The lowest BCUT2D eigenvalue weighted by molar-refractivity contribution is 0.310. The molecule has 1 unspecified atom stereocenters. The van der Waals surface area contributed by atoms with E-state index in [4.69, 9.17) is 34.1 Å². The van der Waals surface area contributed by atoms with Crippen molar-refractivity contribution in [2.24, 2.45) is 10.9 Å². The lowest BCUT2D eigenvalue weighted by Gasteiger charge is -2.27. The molecule has 1 atom stereocenters. The van der Waals surface area contributed by atoms with Crippen molar-refractivity contribution in [1.82, 2.24) is 4.72 Å². The van der Waals surface area contributed by atoms with E-state index >= 15 is 0 Å². The first-order chi connectivity index (χ1) is 9.16. The van der Waals surface area contributed by atoms with E-state index in [9.17, 15) is 8.42 Å². The van der Waals surface area contributed by atoms with Crippen LogP contribution in [-0.2, 0) is 10.0 Å². The molecule has 0 amide bonds. The summed E-state index contributed by atoms with van der Waals surface area (Å²) in [6.07, 6.45) is 0.295. The Bertz CT molecular complexity index is 634. The zero-order valence-corrected chi connectivity index (χ0v) is 13.2. The minimum atomic E-state index is -3.89. The number of rotatable bonds is 5. The van der Waals surface area contributed by atoms with Crippen LogP contribution in [0, 0.1) is 0 Å². The van der Waals surface area contributed by atoms with Crippen molar-refractivity contribution < 1.29 is 13.6 Å². The lowest BCUT2D eigenvalue weighted by Crippen LogP contribution is -2.54. The van der Waals surface area contributed by atoms with Gasteiger partial charge in [0, 0.05) is 0 Å². The first-order valence-corrected chi connectivity index (χ1v) is 7.87. The SMILES string of the molecule is CCC(C)(NS(=O)(=O)c1ccc(Cl)c(Cl)c1)/C(N)=N/O. The highest BCUT2D eigenvalue weighted by molar-refractivity contribution is 7.89. The largest absolute Gasteiger partial charge is 0.409 e. The van der Waals surface area contributed by atoms with Gasteiger partial charge in [-0.1, -0.05) is 35.3 Å². The van der Waals surface area contributed by atoms with E-state index in [1.807, 2.05) is 0 Å². The Hall–Kier alpha value is -1.02. The van der Waals surface area contributed by atoms with Crippen molar-refractivity contribution >= 4 is 39.1 Å². The predicted molar refractivity (Wildman–Crippen MR) is 78.9 cm³/mol. The highest BCUT2D eigenvalue weighted by Gasteiger charge is 2.33. The summed E-state index contributed by atoms with van der Waals surface area (Å²) < 4.78 is 27.0. The summed E-state index contributed by atoms with van der Waals surface area (Å²) in [5.74, 6) is -0.233. The molecule has 0 aliphatic rings. The summed E-state index contributed by atoms with van der Waals surface area (Å²) in [5.41, 5.74) is 4.32. The quantitative estimate of drug-likeness (QED) is 0.331. The van der Waals surface area contributed by atoms with Crippen LogP contribution < -0.4 is 10.5 Å². The number of sulfonamides is 1. The van der Waals surface area contributed by atoms with Gasteiger partial charge in [-0.25, -0.2) is 8.42 Å². The number of benzene rings is 1. The van der Waals surface area contributed by atoms with Gasteiger partial charge >= 0.3 is 0 Å². The van der Waals surface area contributed by atoms with Crippen molar-refractivity contribution in [3.8, 4) is 0 Å². The smallest absolute Gasteiger partial charge is 0.241 e. The molecule has 9 heteroatoms. The van der Waals surface area contributed by atoms with Gasteiger partial charge in [-0.3, -0.25) is 0 Å². The van der Waals surface area contributed by atoms with Gasteiger partial charge in [0.05, 0.1) is 20.5 Å². The Balaban J connectivity index is 3.20. The van der Waals surface area contributed by atoms with Gasteiger partial charge in [0.25, 0.3) is 0 Å². The zero-order valence-electron chi connectivity index (χ0n) is 10.9. The number of hydrogen-bond donors (Lipinski definition) is 3. The molecule has 0 spiro atoms. The number of nitrogens with two attached hydrogens (primary N) is 1. The van der Waals surface area contributed by atoms with Crippen LogP contribution in [0.1, 0.15) is 20.3 Å². The third kappa shape index (κ3) is 3.54. The molecule has 1 rings (SSSR count). The van der Waals surface area contributed by atoms with Gasteiger partial charge in [0.15, 0.2) is 5.84 Å². The monoisotopic (exact) mass is 339 g/mol. The molecule has 0 heterocycles. The molecule has 1 aromatic carbocycles. The fraction of sp³-hybridized carbons (Fsp3) is 0.364. The minimum absolute atomic E-state index is 0.0580. The maximum Gasteiger partial charge on any atom is 0.241 e. The minimum Gasteiger partial charge on any atom is -0.409 e. The Morgan fingerprint density at radius 2 is 2.05 bits per heavy atom. The number of oxime groups is 1. The van der Waals surface area contributed by atoms with Crippen LogP contribution in [-0.4, -0.2) is 25.0 Å². The van der Waals surface area contributed by atoms with Crippen LogP contribution in [0.4, 0.5) is 0 Å². The predicted octanol–water partition coefficient (Wildman–Crippen LogP) is 2.19. The number of nitrogens with zero attached hydrogens (tertiary/aromatic N) is 1. The molecule has 4 N–H and O–H groups in total. The van der Waals surface area contributed by atoms with Gasteiger partial charge in [-0.15, -0.1) is 0 Å². The standard InChI is InChI=1S/C11H15Cl2N3O3S/c1-3-11(2,10(14)15-17)16-20(18,19)7-4-5-8(12)9(13)6-7/h4-6,16-17H,3H2,1-2H3,(H2,14,15). The average Bonchev–Trinajstić information content (AvgIpc) is 2.40. The molecule has 0 bridgehead atoms. The van der Waals surface area contributed by atoms with E-state index in [1.54, 1.807) is 6.92 Å². The van der Waals surface area contributed by atoms with Crippen LogP contribution in [0.15, 0.2) is 28.3 Å². The Labute approximate surface area is 127 Å². The molecule has 0 aromatic heterocycles. The molecule has 1 aromatic rings. The molecule has 0 radical (unpaired) electrons. The van der Waals surface area contributed by atoms with Gasteiger partial charge in [-0.05, 0) is 31.5 Å².